The molecule has 0 aromatic rings. The number of hydrogen-bond donors (Lipinski definition) is 0. The second kappa shape index (κ2) is 9.06. The van der Waals surface area contributed by atoms with E-state index in [2.05, 4.69) is 0 Å². The largest absolute Gasteiger partial charge is 0.415 e. The van der Waals surface area contributed by atoms with Gasteiger partial charge in [-0.2, -0.15) is 0 Å². The van der Waals surface area contributed by atoms with Crippen molar-refractivity contribution >= 4 is 0 Å². The van der Waals surface area contributed by atoms with Crippen LogP contribution in [-0.2, 0) is 23.7 Å². The molecule has 1 unspecified atom stereocenters. The Hall–Kier alpha value is -0.200. The van der Waals surface area contributed by atoms with Gasteiger partial charge in [0, 0.05) is 20.0 Å². The molecule has 0 aromatic heterocycles. The van der Waals surface area contributed by atoms with Gasteiger partial charge < -0.3 is 18.9 Å². The first kappa shape index (κ1) is 18.8. The van der Waals surface area contributed by atoms with Crippen LogP contribution in [0, 0.1) is 0 Å². The SMILES string of the molecule is CCCOC(OCC)(OC(C)C)OC1(OC)CCCCC1. The van der Waals surface area contributed by atoms with E-state index in [4.69, 9.17) is 23.7 Å². The van der Waals surface area contributed by atoms with Crippen molar-refractivity contribution < 1.29 is 23.7 Å². The third kappa shape index (κ3) is 5.83. The van der Waals surface area contributed by atoms with E-state index < -0.39 is 11.9 Å². The van der Waals surface area contributed by atoms with Crippen molar-refractivity contribution in [3.8, 4) is 0 Å². The predicted octanol–water partition coefficient (Wildman–Crippen LogP) is 3.81. The summed E-state index contributed by atoms with van der Waals surface area (Å²) in [5, 5.41) is 0. The Morgan fingerprint density at radius 3 is 2.19 bits per heavy atom. The highest BCUT2D eigenvalue weighted by atomic mass is 17.0. The Balaban J connectivity index is 2.90. The van der Waals surface area contributed by atoms with Crippen LogP contribution in [0.15, 0.2) is 0 Å². The molecule has 0 bridgehead atoms. The van der Waals surface area contributed by atoms with Crippen LogP contribution in [0.2, 0.25) is 0 Å². The Morgan fingerprint density at radius 2 is 1.71 bits per heavy atom. The van der Waals surface area contributed by atoms with Gasteiger partial charge in [0.05, 0.1) is 19.3 Å². The quantitative estimate of drug-likeness (QED) is 0.574. The molecule has 5 heteroatoms. The molecule has 1 rings (SSSR count). The zero-order valence-corrected chi connectivity index (χ0v) is 14.3. The van der Waals surface area contributed by atoms with Gasteiger partial charge in [-0.25, -0.2) is 0 Å². The van der Waals surface area contributed by atoms with E-state index in [1.165, 1.54) is 6.42 Å². The summed E-state index contributed by atoms with van der Waals surface area (Å²) in [5.41, 5.74) is 0. The van der Waals surface area contributed by atoms with Crippen LogP contribution >= 0.6 is 0 Å². The molecule has 1 aliphatic rings. The van der Waals surface area contributed by atoms with Crippen molar-refractivity contribution in [3.05, 3.63) is 0 Å². The van der Waals surface area contributed by atoms with Crippen LogP contribution in [0.4, 0.5) is 0 Å². The molecule has 0 aliphatic heterocycles. The van der Waals surface area contributed by atoms with Crippen molar-refractivity contribution in [1.29, 1.82) is 0 Å². The molecule has 1 saturated carbocycles. The van der Waals surface area contributed by atoms with Gasteiger partial charge in [0.15, 0.2) is 5.79 Å². The van der Waals surface area contributed by atoms with Gasteiger partial charge in [-0.3, -0.25) is 4.74 Å². The molecule has 1 aliphatic carbocycles. The average molecular weight is 304 g/mol. The molecule has 126 valence electrons. The minimum absolute atomic E-state index is 0.0779. The van der Waals surface area contributed by atoms with Crippen molar-refractivity contribution in [1.82, 2.24) is 0 Å². The minimum Gasteiger partial charge on any atom is -0.353 e. The van der Waals surface area contributed by atoms with E-state index in [0.29, 0.717) is 13.2 Å². The summed E-state index contributed by atoms with van der Waals surface area (Å²) in [7, 11) is 1.68. The van der Waals surface area contributed by atoms with Gasteiger partial charge in [0.25, 0.3) is 0 Å². The maximum absolute atomic E-state index is 6.18. The lowest BCUT2D eigenvalue weighted by molar-refractivity contribution is -0.546. The number of rotatable bonds is 10. The number of hydrogen-bond acceptors (Lipinski definition) is 5. The van der Waals surface area contributed by atoms with E-state index in [-0.39, 0.29) is 6.10 Å². The Bertz CT molecular complexity index is 276. The minimum atomic E-state index is -1.48. The van der Waals surface area contributed by atoms with E-state index in [1.807, 2.05) is 27.7 Å². The van der Waals surface area contributed by atoms with Crippen LogP contribution in [0.25, 0.3) is 0 Å². The Labute approximate surface area is 129 Å². The van der Waals surface area contributed by atoms with Gasteiger partial charge in [-0.1, -0.05) is 13.3 Å². The first-order chi connectivity index (χ1) is 10.0. The average Bonchev–Trinajstić information content (AvgIpc) is 2.46. The van der Waals surface area contributed by atoms with Gasteiger partial charge in [-0.05, 0) is 40.0 Å². The monoisotopic (exact) mass is 304 g/mol. The molecule has 0 heterocycles. The zero-order valence-electron chi connectivity index (χ0n) is 14.3. The van der Waals surface area contributed by atoms with Gasteiger partial charge in [0.1, 0.15) is 0 Å². The normalized spacial score (nSPS) is 21.4. The third-order valence-electron chi connectivity index (χ3n) is 3.48. The fraction of sp³-hybridized carbons (Fsp3) is 1.00. The molecule has 21 heavy (non-hydrogen) atoms. The topological polar surface area (TPSA) is 46.2 Å². The first-order valence-electron chi connectivity index (χ1n) is 8.22. The van der Waals surface area contributed by atoms with Crippen molar-refractivity contribution in [2.24, 2.45) is 0 Å². The lowest BCUT2D eigenvalue weighted by Crippen LogP contribution is -2.53. The summed E-state index contributed by atoms with van der Waals surface area (Å²) >= 11 is 0. The molecule has 0 spiro atoms. The highest BCUT2D eigenvalue weighted by molar-refractivity contribution is 4.76. The van der Waals surface area contributed by atoms with E-state index in [1.54, 1.807) is 7.11 Å². The van der Waals surface area contributed by atoms with Crippen molar-refractivity contribution in [2.75, 3.05) is 20.3 Å². The Kier molecular flexibility index (Phi) is 8.13. The van der Waals surface area contributed by atoms with Crippen LogP contribution < -0.4 is 0 Å². The fourth-order valence-corrected chi connectivity index (χ4v) is 2.55. The molecule has 0 amide bonds. The molecular weight excluding hydrogens is 272 g/mol. The smallest absolute Gasteiger partial charge is 0.353 e. The Morgan fingerprint density at radius 1 is 1.05 bits per heavy atom. The maximum Gasteiger partial charge on any atom is 0.415 e. The molecule has 0 N–H and O–H groups in total. The molecule has 1 atom stereocenters. The highest BCUT2D eigenvalue weighted by Gasteiger charge is 2.47. The summed E-state index contributed by atoms with van der Waals surface area (Å²) in [6, 6.07) is 0. The van der Waals surface area contributed by atoms with E-state index >= 15 is 0 Å². The number of ether oxygens (including phenoxy) is 5. The maximum atomic E-state index is 6.18. The van der Waals surface area contributed by atoms with Crippen LogP contribution in [-0.4, -0.2) is 38.4 Å². The lowest BCUT2D eigenvalue weighted by atomic mass is 9.94. The summed E-state index contributed by atoms with van der Waals surface area (Å²) in [5.74, 6) is -0.684. The van der Waals surface area contributed by atoms with E-state index in [9.17, 15) is 0 Å². The predicted molar refractivity (Wildman–Crippen MR) is 80.7 cm³/mol. The van der Waals surface area contributed by atoms with Gasteiger partial charge >= 0.3 is 6.16 Å². The second-order valence-electron chi connectivity index (χ2n) is 5.73. The molecule has 0 saturated heterocycles. The molecule has 0 radical (unpaired) electrons. The van der Waals surface area contributed by atoms with Gasteiger partial charge in [-0.15, -0.1) is 0 Å². The molecular formula is C16H32O5. The molecule has 1 fully saturated rings. The highest BCUT2D eigenvalue weighted by Crippen LogP contribution is 2.37. The van der Waals surface area contributed by atoms with Crippen LogP contribution in [0.5, 0.6) is 0 Å². The zero-order chi connectivity index (χ0) is 15.8. The van der Waals surface area contributed by atoms with Crippen molar-refractivity contribution in [3.63, 3.8) is 0 Å². The lowest BCUT2D eigenvalue weighted by Gasteiger charge is -2.43. The molecule has 0 aromatic carbocycles. The van der Waals surface area contributed by atoms with Gasteiger partial charge in [0.2, 0.25) is 0 Å². The van der Waals surface area contributed by atoms with Crippen LogP contribution in [0.1, 0.15) is 66.2 Å². The summed E-state index contributed by atoms with van der Waals surface area (Å²) in [4.78, 5) is 0. The first-order valence-corrected chi connectivity index (χ1v) is 8.22. The summed E-state index contributed by atoms with van der Waals surface area (Å²) < 4.78 is 29.3. The second-order valence-corrected chi connectivity index (χ2v) is 5.73. The van der Waals surface area contributed by atoms with Crippen molar-refractivity contribution in [2.45, 2.75) is 84.3 Å². The standard InChI is InChI=1S/C16H32O5/c1-6-13-19-16(18-7-2,20-14(3)4)21-15(17-5)11-9-8-10-12-15/h14H,6-13H2,1-5H3. The van der Waals surface area contributed by atoms with E-state index in [0.717, 1.165) is 32.1 Å². The summed E-state index contributed by atoms with van der Waals surface area (Å²) in [6.07, 6.45) is 4.32. The molecule has 5 nitrogen and oxygen atoms in total. The third-order valence-corrected chi connectivity index (χ3v) is 3.48. The summed E-state index contributed by atoms with van der Waals surface area (Å²) in [6.45, 7) is 8.76. The van der Waals surface area contributed by atoms with Crippen LogP contribution in [0.3, 0.4) is 0 Å². The fourth-order valence-electron chi connectivity index (χ4n) is 2.55. The number of methoxy groups -OCH3 is 1.